The predicted octanol–water partition coefficient (Wildman–Crippen LogP) is -0.640. The molecule has 0 unspecified atom stereocenters. The molecule has 114 valence electrons. The lowest BCUT2D eigenvalue weighted by molar-refractivity contribution is -0.687. The summed E-state index contributed by atoms with van der Waals surface area (Å²) in [4.78, 5) is 0. The molecule has 0 fully saturated rings. The number of benzene rings is 2. The van der Waals surface area contributed by atoms with Gasteiger partial charge in [0.25, 0.3) is 0 Å². The first kappa shape index (κ1) is 15.1. The summed E-state index contributed by atoms with van der Waals surface area (Å²) in [7, 11) is 0. The molecule has 5 nitrogen and oxygen atoms in total. The van der Waals surface area contributed by atoms with Gasteiger partial charge in [0.1, 0.15) is 0 Å². The summed E-state index contributed by atoms with van der Waals surface area (Å²) in [6, 6.07) is 18.8. The van der Waals surface area contributed by atoms with Crippen LogP contribution in [0, 0.1) is 0 Å². The Labute approximate surface area is 139 Å². The maximum absolute atomic E-state index is 4.02. The minimum atomic E-state index is 0. The summed E-state index contributed by atoms with van der Waals surface area (Å²) in [5.41, 5.74) is 2.23. The van der Waals surface area contributed by atoms with Gasteiger partial charge in [0.15, 0.2) is 18.9 Å². The minimum Gasteiger partial charge on any atom is -1.00 e. The van der Waals surface area contributed by atoms with Gasteiger partial charge in [-0.2, -0.15) is 5.21 Å². The molecule has 4 aromatic rings. The Morgan fingerprint density at radius 1 is 0.957 bits per heavy atom. The molecular formula is C17H14ClN5. The topological polar surface area (TPSA) is 58.3 Å². The Balaban J connectivity index is 0.00000156. The number of hydrogen-bond donors (Lipinski definition) is 1. The highest BCUT2D eigenvalue weighted by atomic mass is 35.5. The number of pyridine rings is 1. The molecule has 0 saturated carbocycles. The Bertz CT molecular complexity index is 916. The van der Waals surface area contributed by atoms with Crippen molar-refractivity contribution in [3.8, 4) is 11.4 Å². The fourth-order valence-corrected chi connectivity index (χ4v) is 2.66. The van der Waals surface area contributed by atoms with Crippen LogP contribution >= 0.6 is 0 Å². The average molecular weight is 324 g/mol. The zero-order chi connectivity index (χ0) is 14.8. The Morgan fingerprint density at radius 2 is 1.83 bits per heavy atom. The second-order valence-corrected chi connectivity index (χ2v) is 5.14. The fourth-order valence-electron chi connectivity index (χ4n) is 2.66. The summed E-state index contributed by atoms with van der Waals surface area (Å²) in [5, 5.41) is 16.7. The van der Waals surface area contributed by atoms with E-state index in [4.69, 9.17) is 0 Å². The van der Waals surface area contributed by atoms with Gasteiger partial charge in [-0.1, -0.05) is 42.5 Å². The van der Waals surface area contributed by atoms with Crippen molar-refractivity contribution in [2.45, 2.75) is 6.54 Å². The molecule has 2 aromatic heterocycles. The number of nitrogens with one attached hydrogen (secondary N) is 1. The van der Waals surface area contributed by atoms with Crippen LogP contribution in [0.3, 0.4) is 0 Å². The van der Waals surface area contributed by atoms with Crippen molar-refractivity contribution in [2.75, 3.05) is 0 Å². The Hall–Kier alpha value is -2.79. The fraction of sp³-hybridized carbons (Fsp3) is 0.0588. The zero-order valence-corrected chi connectivity index (χ0v) is 13.0. The van der Waals surface area contributed by atoms with Crippen LogP contribution < -0.4 is 17.0 Å². The first-order valence-corrected chi connectivity index (χ1v) is 7.10. The summed E-state index contributed by atoms with van der Waals surface area (Å²) >= 11 is 0. The van der Waals surface area contributed by atoms with Crippen molar-refractivity contribution in [3.05, 3.63) is 72.6 Å². The van der Waals surface area contributed by atoms with Gasteiger partial charge in [-0.15, -0.1) is 10.2 Å². The number of aromatic amines is 1. The van der Waals surface area contributed by atoms with Gasteiger partial charge in [-0.3, -0.25) is 0 Å². The van der Waals surface area contributed by atoms with E-state index in [0.717, 1.165) is 12.1 Å². The normalized spacial score (nSPS) is 10.4. The molecule has 0 aliphatic carbocycles. The lowest BCUT2D eigenvalue weighted by Gasteiger charge is -2.04. The lowest BCUT2D eigenvalue weighted by atomic mass is 10.0. The Morgan fingerprint density at radius 3 is 2.70 bits per heavy atom. The molecule has 0 saturated heterocycles. The largest absolute Gasteiger partial charge is 1.00 e. The minimum absolute atomic E-state index is 0. The standard InChI is InChI=1S/C17H14N5.ClH/c1-2-9-16-13(5-1)6-3-7-14(16)11-22-10-4-8-15(12-22)17-18-20-21-19-17;/h1-10,12H,11H2,(H,18,19,20,21);1H/q+1;/p-1. The van der Waals surface area contributed by atoms with Gasteiger partial charge in [0.2, 0.25) is 5.82 Å². The van der Waals surface area contributed by atoms with Crippen LogP contribution in [0.25, 0.3) is 22.2 Å². The molecule has 0 spiro atoms. The molecule has 1 N–H and O–H groups in total. The summed E-state index contributed by atoms with van der Waals surface area (Å²) in [5.74, 6) is 0.604. The zero-order valence-electron chi connectivity index (χ0n) is 12.2. The van der Waals surface area contributed by atoms with Crippen molar-refractivity contribution in [1.82, 2.24) is 20.6 Å². The smallest absolute Gasteiger partial charge is 0.210 e. The molecule has 23 heavy (non-hydrogen) atoms. The van der Waals surface area contributed by atoms with Gasteiger partial charge in [-0.05, 0) is 22.1 Å². The van der Waals surface area contributed by atoms with E-state index < -0.39 is 0 Å². The van der Waals surface area contributed by atoms with Crippen molar-refractivity contribution in [3.63, 3.8) is 0 Å². The van der Waals surface area contributed by atoms with Gasteiger partial charge in [0, 0.05) is 11.6 Å². The van der Waals surface area contributed by atoms with Crippen LogP contribution in [-0.2, 0) is 6.54 Å². The number of hydrogen-bond acceptors (Lipinski definition) is 3. The number of fused-ring (bicyclic) bond motifs is 1. The third kappa shape index (κ3) is 3.05. The van der Waals surface area contributed by atoms with E-state index >= 15 is 0 Å². The van der Waals surface area contributed by atoms with E-state index in [2.05, 4.69) is 67.7 Å². The second kappa shape index (κ2) is 6.54. The van der Waals surface area contributed by atoms with Crippen LogP contribution in [0.5, 0.6) is 0 Å². The quantitative estimate of drug-likeness (QED) is 0.510. The monoisotopic (exact) mass is 323 g/mol. The SMILES string of the molecule is [Cl-].c1ccc2c(C[n+]3cccc(-c4nn[nH]n4)c3)cccc2c1. The van der Waals surface area contributed by atoms with E-state index in [9.17, 15) is 0 Å². The van der Waals surface area contributed by atoms with Crippen LogP contribution in [0.2, 0.25) is 0 Å². The average Bonchev–Trinajstić information content (AvgIpc) is 3.10. The molecule has 2 heterocycles. The van der Waals surface area contributed by atoms with Gasteiger partial charge in [-0.25, -0.2) is 4.57 Å². The number of H-pyrrole nitrogens is 1. The third-order valence-electron chi connectivity index (χ3n) is 3.69. The van der Waals surface area contributed by atoms with Crippen molar-refractivity contribution in [2.24, 2.45) is 0 Å². The molecular weight excluding hydrogens is 310 g/mol. The molecule has 0 bridgehead atoms. The molecule has 4 rings (SSSR count). The van der Waals surface area contributed by atoms with Gasteiger partial charge < -0.3 is 12.4 Å². The molecule has 2 aromatic carbocycles. The van der Waals surface area contributed by atoms with E-state index in [0.29, 0.717) is 5.82 Å². The van der Waals surface area contributed by atoms with E-state index in [-0.39, 0.29) is 12.4 Å². The third-order valence-corrected chi connectivity index (χ3v) is 3.69. The molecule has 0 aliphatic heterocycles. The first-order chi connectivity index (χ1) is 10.9. The van der Waals surface area contributed by atoms with Crippen LogP contribution in [0.4, 0.5) is 0 Å². The van der Waals surface area contributed by atoms with Crippen LogP contribution in [-0.4, -0.2) is 20.6 Å². The molecule has 0 aliphatic rings. The molecule has 6 heteroatoms. The predicted molar refractivity (Wildman–Crippen MR) is 82.9 cm³/mol. The first-order valence-electron chi connectivity index (χ1n) is 7.10. The van der Waals surface area contributed by atoms with E-state index in [1.54, 1.807) is 0 Å². The highest BCUT2D eigenvalue weighted by molar-refractivity contribution is 5.85. The van der Waals surface area contributed by atoms with Gasteiger partial charge >= 0.3 is 0 Å². The number of halogens is 1. The van der Waals surface area contributed by atoms with Crippen LogP contribution in [0.1, 0.15) is 5.56 Å². The van der Waals surface area contributed by atoms with Crippen molar-refractivity contribution < 1.29 is 17.0 Å². The van der Waals surface area contributed by atoms with E-state index in [1.807, 2.05) is 24.5 Å². The van der Waals surface area contributed by atoms with Gasteiger partial charge in [0.05, 0.1) is 5.56 Å². The summed E-state index contributed by atoms with van der Waals surface area (Å²) in [6.07, 6.45) is 4.08. The summed E-state index contributed by atoms with van der Waals surface area (Å²) in [6.45, 7) is 0.799. The highest BCUT2D eigenvalue weighted by Crippen LogP contribution is 2.18. The lowest BCUT2D eigenvalue weighted by Crippen LogP contribution is -3.00. The van der Waals surface area contributed by atoms with Crippen LogP contribution in [0.15, 0.2) is 67.0 Å². The number of rotatable bonds is 3. The number of tetrazole rings is 1. The van der Waals surface area contributed by atoms with E-state index in [1.165, 1.54) is 16.3 Å². The molecule has 0 radical (unpaired) electrons. The van der Waals surface area contributed by atoms with Crippen molar-refractivity contribution >= 4 is 10.8 Å². The number of aromatic nitrogens is 5. The maximum Gasteiger partial charge on any atom is 0.210 e. The second-order valence-electron chi connectivity index (χ2n) is 5.14. The maximum atomic E-state index is 4.02. The van der Waals surface area contributed by atoms with Crippen molar-refractivity contribution in [1.29, 1.82) is 0 Å². The summed E-state index contributed by atoms with van der Waals surface area (Å²) < 4.78 is 2.13. The highest BCUT2D eigenvalue weighted by Gasteiger charge is 2.10. The molecule has 0 atom stereocenters. The Kier molecular flexibility index (Phi) is 4.30. The molecule has 0 amide bonds. The number of nitrogens with zero attached hydrogens (tertiary/aromatic N) is 4.